The van der Waals surface area contributed by atoms with Gasteiger partial charge in [0.1, 0.15) is 17.3 Å². The summed E-state index contributed by atoms with van der Waals surface area (Å²) in [4.78, 5) is 36.6. The number of H-pyrrole nitrogens is 1. The summed E-state index contributed by atoms with van der Waals surface area (Å²) in [6.45, 7) is 5.04. The van der Waals surface area contributed by atoms with E-state index in [1.54, 1.807) is 18.1 Å². The van der Waals surface area contributed by atoms with Crippen molar-refractivity contribution in [2.75, 3.05) is 33.3 Å². The average Bonchev–Trinajstić information content (AvgIpc) is 3.23. The number of carbonyl (C=O) groups excluding carboxylic acids is 2. The van der Waals surface area contributed by atoms with Crippen molar-refractivity contribution in [2.45, 2.75) is 44.2 Å². The zero-order chi connectivity index (χ0) is 23.6. The highest BCUT2D eigenvalue weighted by Crippen LogP contribution is 2.50. The van der Waals surface area contributed by atoms with Gasteiger partial charge in [-0.3, -0.25) is 14.6 Å². The van der Waals surface area contributed by atoms with Gasteiger partial charge in [-0.05, 0) is 68.3 Å². The highest BCUT2D eigenvalue weighted by Gasteiger charge is 2.60. The van der Waals surface area contributed by atoms with E-state index in [9.17, 15) is 14.7 Å². The molecule has 0 spiro atoms. The second-order valence-electron chi connectivity index (χ2n) is 9.96. The quantitative estimate of drug-likeness (QED) is 0.662. The molecule has 0 radical (unpaired) electrons. The van der Waals surface area contributed by atoms with E-state index >= 15 is 0 Å². The molecule has 1 aromatic carbocycles. The lowest BCUT2D eigenvalue weighted by Gasteiger charge is -2.43. The Hall–Kier alpha value is -3.26. The fourth-order valence-corrected chi connectivity index (χ4v) is 5.91. The van der Waals surface area contributed by atoms with Crippen molar-refractivity contribution in [3.8, 4) is 5.75 Å². The lowest BCUT2D eigenvalue weighted by Crippen LogP contribution is -2.53. The second-order valence-corrected chi connectivity index (χ2v) is 9.96. The molecule has 0 bridgehead atoms. The molecule has 3 aliphatic heterocycles. The van der Waals surface area contributed by atoms with Crippen LogP contribution in [-0.4, -0.2) is 75.6 Å². The summed E-state index contributed by atoms with van der Waals surface area (Å²) in [5, 5.41) is 11.3. The monoisotopic (exact) mass is 462 g/mol. The standard InChI is InChI=1S/C26H30N4O4/c1-26-15-20-19-14-18(34-2)7-8-21(19)27-22(20)23(16-5-3-6-17(31)13-16)30(26)25(33)29(24(26)32)12-11-28-9-4-10-28/h5,7-8,13-14,23,27,31H,3-4,6,9-12,15H2,1-2H3/t23-,26+/m1/s1. The SMILES string of the molecule is COc1ccc2[nH]c3c(c2c1)C[C@@]1(C)C(=O)N(CCN2CCC2)C(=O)N1[C@@H]3C1=CCCC(O)=C1. The van der Waals surface area contributed by atoms with Crippen LogP contribution in [0, 0.1) is 0 Å². The number of benzene rings is 1. The Balaban J connectivity index is 1.48. The number of fused-ring (bicyclic) bond motifs is 4. The van der Waals surface area contributed by atoms with Crippen molar-refractivity contribution in [1.82, 2.24) is 19.7 Å². The molecule has 34 heavy (non-hydrogen) atoms. The van der Waals surface area contributed by atoms with Gasteiger partial charge < -0.3 is 19.7 Å². The first-order valence-electron chi connectivity index (χ1n) is 12.1. The van der Waals surface area contributed by atoms with E-state index in [1.807, 2.05) is 25.1 Å². The zero-order valence-corrected chi connectivity index (χ0v) is 19.6. The molecule has 2 fully saturated rings. The van der Waals surface area contributed by atoms with Gasteiger partial charge in [-0.25, -0.2) is 4.79 Å². The van der Waals surface area contributed by atoms with Crippen LogP contribution >= 0.6 is 0 Å². The molecule has 1 aliphatic carbocycles. The molecule has 8 heteroatoms. The number of allylic oxidation sites excluding steroid dienone is 2. The van der Waals surface area contributed by atoms with Crippen LogP contribution in [0.2, 0.25) is 0 Å². The molecule has 6 rings (SSSR count). The van der Waals surface area contributed by atoms with E-state index in [0.29, 0.717) is 38.1 Å². The number of hydrogen-bond acceptors (Lipinski definition) is 5. The van der Waals surface area contributed by atoms with Crippen molar-refractivity contribution in [2.24, 2.45) is 0 Å². The maximum Gasteiger partial charge on any atom is 0.328 e. The third kappa shape index (κ3) is 3.01. The van der Waals surface area contributed by atoms with E-state index in [-0.39, 0.29) is 11.9 Å². The number of imide groups is 1. The summed E-state index contributed by atoms with van der Waals surface area (Å²) in [7, 11) is 1.64. The fraction of sp³-hybridized carbons (Fsp3) is 0.462. The maximum absolute atomic E-state index is 13.8. The number of hydrogen-bond donors (Lipinski definition) is 2. The van der Waals surface area contributed by atoms with Crippen molar-refractivity contribution >= 4 is 22.8 Å². The smallest absolute Gasteiger partial charge is 0.328 e. The van der Waals surface area contributed by atoms with Gasteiger partial charge >= 0.3 is 6.03 Å². The minimum atomic E-state index is -0.996. The molecular weight excluding hydrogens is 432 g/mol. The Bertz CT molecular complexity index is 1260. The molecule has 1 aromatic heterocycles. The number of nitrogens with one attached hydrogen (secondary N) is 1. The molecular formula is C26H30N4O4. The van der Waals surface area contributed by atoms with E-state index in [2.05, 4.69) is 16.0 Å². The van der Waals surface area contributed by atoms with Gasteiger partial charge in [0.2, 0.25) is 0 Å². The normalized spacial score (nSPS) is 26.8. The molecule has 0 unspecified atom stereocenters. The molecule has 4 aliphatic rings. The number of nitrogens with zero attached hydrogens (tertiary/aromatic N) is 3. The Labute approximate surface area is 198 Å². The van der Waals surface area contributed by atoms with E-state index in [1.165, 1.54) is 11.3 Å². The van der Waals surface area contributed by atoms with E-state index in [4.69, 9.17) is 4.74 Å². The number of aromatic nitrogens is 1. The van der Waals surface area contributed by atoms with Crippen molar-refractivity contribution in [3.63, 3.8) is 0 Å². The molecule has 8 nitrogen and oxygen atoms in total. The minimum absolute atomic E-state index is 0.143. The van der Waals surface area contributed by atoms with E-state index in [0.717, 1.165) is 46.6 Å². The number of carbonyl (C=O) groups is 2. The van der Waals surface area contributed by atoms with Gasteiger partial charge in [-0.15, -0.1) is 0 Å². The first-order chi connectivity index (χ1) is 16.4. The fourth-order valence-electron chi connectivity index (χ4n) is 5.91. The van der Waals surface area contributed by atoms with Gasteiger partial charge in [0.25, 0.3) is 5.91 Å². The predicted molar refractivity (Wildman–Crippen MR) is 128 cm³/mol. The summed E-state index contributed by atoms with van der Waals surface area (Å²) in [5.74, 6) is 0.908. The minimum Gasteiger partial charge on any atom is -0.512 e. The third-order valence-corrected chi connectivity index (χ3v) is 7.89. The summed E-state index contributed by atoms with van der Waals surface area (Å²) in [6.07, 6.45) is 6.72. The summed E-state index contributed by atoms with van der Waals surface area (Å²) < 4.78 is 5.47. The van der Waals surface area contributed by atoms with Crippen LogP contribution in [0.1, 0.15) is 43.5 Å². The maximum atomic E-state index is 13.8. The number of aliphatic hydroxyl groups is 1. The Morgan fingerprint density at radius 1 is 1.24 bits per heavy atom. The number of aliphatic hydroxyl groups excluding tert-OH is 1. The first-order valence-corrected chi connectivity index (χ1v) is 12.1. The molecule has 3 amide bonds. The Morgan fingerprint density at radius 2 is 2.06 bits per heavy atom. The molecule has 2 atom stereocenters. The second kappa shape index (κ2) is 7.63. The Morgan fingerprint density at radius 3 is 2.76 bits per heavy atom. The van der Waals surface area contributed by atoms with Crippen LogP contribution in [0.3, 0.4) is 0 Å². The van der Waals surface area contributed by atoms with Crippen molar-refractivity contribution in [1.29, 1.82) is 0 Å². The van der Waals surface area contributed by atoms with Gasteiger partial charge in [-0.2, -0.15) is 0 Å². The number of amides is 3. The predicted octanol–water partition coefficient (Wildman–Crippen LogP) is 3.66. The molecule has 4 heterocycles. The number of methoxy groups -OCH3 is 1. The molecule has 2 N–H and O–H groups in total. The molecule has 178 valence electrons. The average molecular weight is 463 g/mol. The molecule has 2 aromatic rings. The number of rotatable bonds is 5. The molecule has 2 saturated heterocycles. The number of likely N-dealkylation sites (tertiary alicyclic amines) is 1. The third-order valence-electron chi connectivity index (χ3n) is 7.89. The number of urea groups is 1. The van der Waals surface area contributed by atoms with E-state index < -0.39 is 11.6 Å². The summed E-state index contributed by atoms with van der Waals surface area (Å²) in [5.41, 5.74) is 2.73. The number of aromatic amines is 1. The van der Waals surface area contributed by atoms with Crippen LogP contribution in [0.4, 0.5) is 4.79 Å². The van der Waals surface area contributed by atoms with Crippen LogP contribution in [0.5, 0.6) is 5.75 Å². The summed E-state index contributed by atoms with van der Waals surface area (Å²) >= 11 is 0. The van der Waals surface area contributed by atoms with Crippen LogP contribution in [-0.2, 0) is 11.2 Å². The highest BCUT2D eigenvalue weighted by atomic mass is 16.5. The first kappa shape index (κ1) is 21.3. The summed E-state index contributed by atoms with van der Waals surface area (Å²) in [6, 6.07) is 5.15. The van der Waals surface area contributed by atoms with Crippen LogP contribution in [0.25, 0.3) is 10.9 Å². The Kier molecular flexibility index (Phi) is 4.78. The van der Waals surface area contributed by atoms with Crippen molar-refractivity contribution < 1.29 is 19.4 Å². The topological polar surface area (TPSA) is 89.1 Å². The lowest BCUT2D eigenvalue weighted by atomic mass is 9.80. The highest BCUT2D eigenvalue weighted by molar-refractivity contribution is 6.08. The van der Waals surface area contributed by atoms with Crippen LogP contribution < -0.4 is 4.74 Å². The van der Waals surface area contributed by atoms with Gasteiger partial charge in [0.05, 0.1) is 12.9 Å². The number of ether oxygens (including phenoxy) is 1. The van der Waals surface area contributed by atoms with Gasteiger partial charge in [-0.1, -0.05) is 6.08 Å². The van der Waals surface area contributed by atoms with Crippen molar-refractivity contribution in [3.05, 3.63) is 52.9 Å². The largest absolute Gasteiger partial charge is 0.512 e. The van der Waals surface area contributed by atoms with Crippen LogP contribution in [0.15, 0.2) is 41.7 Å². The van der Waals surface area contributed by atoms with Gasteiger partial charge in [0.15, 0.2) is 0 Å². The zero-order valence-electron chi connectivity index (χ0n) is 19.6. The molecule has 0 saturated carbocycles. The van der Waals surface area contributed by atoms with Gasteiger partial charge in [0, 0.05) is 42.5 Å². The lowest BCUT2D eigenvalue weighted by molar-refractivity contribution is -0.133.